The molecule has 408 valence electrons. The number of anilines is 2. The molecule has 0 radical (unpaired) electrons. The first-order chi connectivity index (χ1) is 35.1. The highest BCUT2D eigenvalue weighted by atomic mass is 28.4. The van der Waals surface area contributed by atoms with E-state index in [1.165, 1.54) is 15.3 Å². The zero-order chi connectivity index (χ0) is 55.2. The van der Waals surface area contributed by atoms with Crippen LogP contribution in [0.1, 0.15) is 74.4 Å². The minimum Gasteiger partial charge on any atom is -0.543 e. The van der Waals surface area contributed by atoms with Gasteiger partial charge in [-0.2, -0.15) is 13.2 Å². The molecule has 1 unspecified atom stereocenters. The largest absolute Gasteiger partial charge is 0.543 e. The molecule has 0 saturated heterocycles. The first-order valence-corrected chi connectivity index (χ1v) is 30.5. The molecular formula is C58H80F3N5O7Si2. The Labute approximate surface area is 445 Å². The number of hydrogen-bond acceptors (Lipinski definition) is 9. The molecule has 5 rings (SSSR count). The van der Waals surface area contributed by atoms with E-state index in [0.29, 0.717) is 61.9 Å². The van der Waals surface area contributed by atoms with Crippen LogP contribution < -0.4 is 30.3 Å². The number of fused-ring (bicyclic) bond motifs is 1. The van der Waals surface area contributed by atoms with Crippen molar-refractivity contribution in [3.8, 4) is 17.6 Å². The highest BCUT2D eigenvalue weighted by Crippen LogP contribution is 2.39. The summed E-state index contributed by atoms with van der Waals surface area (Å²) in [4.78, 5) is 30.8. The molecule has 2 N–H and O–H groups in total. The molecule has 0 aliphatic rings. The lowest BCUT2D eigenvalue weighted by Gasteiger charge is -2.43. The smallest absolute Gasteiger partial charge is 0.415 e. The molecule has 17 heteroatoms. The van der Waals surface area contributed by atoms with Gasteiger partial charge in [-0.3, -0.25) is 9.69 Å². The second-order valence-corrected chi connectivity index (χ2v) is 31.5. The van der Waals surface area contributed by atoms with Gasteiger partial charge in [0.25, 0.3) is 8.32 Å². The van der Waals surface area contributed by atoms with Crippen LogP contribution in [0.2, 0.25) is 23.2 Å². The number of ether oxygens (including phenoxy) is 3. The van der Waals surface area contributed by atoms with E-state index in [9.17, 15) is 22.8 Å². The third-order valence-corrected chi connectivity index (χ3v) is 22.5. The van der Waals surface area contributed by atoms with Gasteiger partial charge in [-0.05, 0) is 118 Å². The Morgan fingerprint density at radius 1 is 0.733 bits per heavy atom. The summed E-state index contributed by atoms with van der Waals surface area (Å²) in [5.41, 5.74) is 0.452. The van der Waals surface area contributed by atoms with Crippen LogP contribution >= 0.6 is 0 Å². The first-order valence-electron chi connectivity index (χ1n) is 25.7. The van der Waals surface area contributed by atoms with Gasteiger partial charge in [-0.1, -0.05) is 120 Å². The lowest BCUT2D eigenvalue weighted by Crippen LogP contribution is -2.66. The number of halogens is 3. The number of aromatic nitrogens is 1. The molecule has 4 aromatic carbocycles. The van der Waals surface area contributed by atoms with E-state index in [2.05, 4.69) is 126 Å². The normalized spacial score (nSPS) is 13.0. The van der Waals surface area contributed by atoms with Gasteiger partial charge in [0.05, 0.1) is 56.5 Å². The molecule has 1 aromatic heterocycles. The maximum absolute atomic E-state index is 14.3. The summed E-state index contributed by atoms with van der Waals surface area (Å²) in [5.74, 6) is 6.21. The molecule has 12 nitrogen and oxygen atoms in total. The van der Waals surface area contributed by atoms with Crippen LogP contribution in [0, 0.1) is 11.8 Å². The average molecular weight is 1070 g/mol. The highest BCUT2D eigenvalue weighted by molar-refractivity contribution is 6.99. The van der Waals surface area contributed by atoms with Crippen molar-refractivity contribution in [3.05, 3.63) is 115 Å². The number of nitrogens with zero attached hydrogens (tertiary/aromatic N) is 3. The number of nitrogens with one attached hydrogen (secondary N) is 2. The van der Waals surface area contributed by atoms with Crippen molar-refractivity contribution in [1.82, 2.24) is 14.8 Å². The summed E-state index contributed by atoms with van der Waals surface area (Å²) in [6.07, 6.45) is -4.85. The van der Waals surface area contributed by atoms with E-state index in [4.69, 9.17) is 23.1 Å². The van der Waals surface area contributed by atoms with Crippen LogP contribution in [-0.2, 0) is 30.0 Å². The van der Waals surface area contributed by atoms with Crippen LogP contribution in [-0.4, -0.2) is 123 Å². The van der Waals surface area contributed by atoms with Crippen molar-refractivity contribution in [2.75, 3.05) is 77.0 Å². The standard InChI is InChI=1S/C58H80F3N5O7Si2/c1-55(2,3)72-54(68)65(44-23-20-25-46(41-44)73-74(12,13)56(4,5)6)34-22-24-45-42-49-50(30-21-31-52(49)66(45)43-58(59,60)61)63-51(32-35-64(10)11)53(67)62-33-36-69-37-38-70-39-40-71-75(57(7,8)9,47-26-16-14-17-27-47)48-28-18-15-19-29-48/h14-21,23,25-31,41-42,51,63H,32-40,43H2,1-13H3,(H,62,67). The zero-order valence-electron chi connectivity index (χ0n) is 46.4. The minimum absolute atomic E-state index is 0.0802. The third kappa shape index (κ3) is 17.2. The van der Waals surface area contributed by atoms with Crippen molar-refractivity contribution < 1.29 is 45.8 Å². The number of benzene rings is 4. The third-order valence-electron chi connectivity index (χ3n) is 13.1. The van der Waals surface area contributed by atoms with Gasteiger partial charge in [0.2, 0.25) is 14.2 Å². The summed E-state index contributed by atoms with van der Waals surface area (Å²) in [6, 6.07) is 33.8. The fraction of sp³-hybridized carbons (Fsp3) is 0.483. The highest BCUT2D eigenvalue weighted by Gasteiger charge is 2.50. The summed E-state index contributed by atoms with van der Waals surface area (Å²) < 4.78 is 75.0. The van der Waals surface area contributed by atoms with Gasteiger partial charge in [-0.15, -0.1) is 0 Å². The number of hydrogen-bond donors (Lipinski definition) is 2. The Morgan fingerprint density at radius 3 is 1.91 bits per heavy atom. The molecular weight excluding hydrogens is 992 g/mol. The van der Waals surface area contributed by atoms with Gasteiger partial charge >= 0.3 is 12.3 Å². The molecule has 0 bridgehead atoms. The summed E-state index contributed by atoms with van der Waals surface area (Å²) in [6.45, 7) is 23.6. The molecule has 2 amide bonds. The molecule has 75 heavy (non-hydrogen) atoms. The molecule has 0 aliphatic carbocycles. The quantitative estimate of drug-likeness (QED) is 0.0375. The van der Waals surface area contributed by atoms with Gasteiger partial charge in [-0.25, -0.2) is 4.79 Å². The van der Waals surface area contributed by atoms with Crippen molar-refractivity contribution in [3.63, 3.8) is 0 Å². The maximum Gasteiger partial charge on any atom is 0.415 e. The molecule has 1 atom stereocenters. The predicted octanol–water partition coefficient (Wildman–Crippen LogP) is 10.8. The number of carbonyl (C=O) groups excluding carboxylic acids is 2. The van der Waals surface area contributed by atoms with Crippen molar-refractivity contribution >= 4 is 61.3 Å². The Kier molecular flexibility index (Phi) is 20.8. The van der Waals surface area contributed by atoms with Crippen LogP contribution in [0.4, 0.5) is 29.3 Å². The van der Waals surface area contributed by atoms with E-state index in [-0.39, 0.29) is 46.9 Å². The fourth-order valence-electron chi connectivity index (χ4n) is 8.36. The molecule has 0 spiro atoms. The summed E-state index contributed by atoms with van der Waals surface area (Å²) in [7, 11) is -1.12. The van der Waals surface area contributed by atoms with E-state index in [1.807, 2.05) is 37.2 Å². The van der Waals surface area contributed by atoms with Crippen LogP contribution in [0.5, 0.6) is 5.75 Å². The van der Waals surface area contributed by atoms with Gasteiger partial charge < -0.3 is 43.2 Å². The maximum atomic E-state index is 14.3. The van der Waals surface area contributed by atoms with Crippen LogP contribution in [0.3, 0.4) is 0 Å². The summed E-state index contributed by atoms with van der Waals surface area (Å²) >= 11 is 0. The Morgan fingerprint density at radius 2 is 1.33 bits per heavy atom. The Hall–Kier alpha value is -5.62. The van der Waals surface area contributed by atoms with E-state index in [0.717, 1.165) is 4.57 Å². The predicted molar refractivity (Wildman–Crippen MR) is 302 cm³/mol. The van der Waals surface area contributed by atoms with Crippen LogP contribution in [0.15, 0.2) is 109 Å². The first kappa shape index (κ1) is 60.3. The SMILES string of the molecule is CN(C)CCC(Nc1cccc2c1cc(C#CCN(C(=O)OC(C)(C)C)c1cccc(O[Si](C)(C)C(C)(C)C)c1)n2CC(F)(F)F)C(=O)NCCOCCOCCO[Si](c1ccccc1)(c1ccccc1)C(C)(C)C. The van der Waals surface area contributed by atoms with Crippen molar-refractivity contribution in [1.29, 1.82) is 0 Å². The molecule has 0 aliphatic heterocycles. The van der Waals surface area contributed by atoms with Gasteiger partial charge in [0.1, 0.15) is 23.9 Å². The number of rotatable bonds is 23. The number of amides is 2. The Balaban J connectivity index is 1.25. The lowest BCUT2D eigenvalue weighted by molar-refractivity contribution is -0.140. The van der Waals surface area contributed by atoms with E-state index < -0.39 is 47.1 Å². The van der Waals surface area contributed by atoms with Gasteiger partial charge in [0, 0.05) is 23.7 Å². The summed E-state index contributed by atoms with van der Waals surface area (Å²) in [5, 5.41) is 8.93. The van der Waals surface area contributed by atoms with Crippen molar-refractivity contribution in [2.24, 2.45) is 0 Å². The monoisotopic (exact) mass is 1070 g/mol. The molecule has 0 saturated carbocycles. The minimum atomic E-state index is -4.58. The molecule has 1 heterocycles. The number of alkyl halides is 3. The second-order valence-electron chi connectivity index (χ2n) is 22.5. The average Bonchev–Trinajstić information content (AvgIpc) is 3.65. The second kappa shape index (κ2) is 26.0. The molecule has 0 fully saturated rings. The van der Waals surface area contributed by atoms with Gasteiger partial charge in [0.15, 0.2) is 0 Å². The Bertz CT molecular complexity index is 2650. The van der Waals surface area contributed by atoms with E-state index in [1.54, 1.807) is 63.2 Å². The van der Waals surface area contributed by atoms with E-state index >= 15 is 0 Å². The number of carbonyl (C=O) groups is 2. The topological polar surface area (TPSA) is 116 Å². The fourth-order valence-corrected chi connectivity index (χ4v) is 13.9. The molecule has 5 aromatic rings. The van der Waals surface area contributed by atoms with Crippen molar-refractivity contribution in [2.45, 2.75) is 116 Å². The lowest BCUT2D eigenvalue weighted by atomic mass is 10.1. The van der Waals surface area contributed by atoms with Crippen LogP contribution in [0.25, 0.3) is 10.9 Å². The zero-order valence-corrected chi connectivity index (χ0v) is 48.4.